The van der Waals surface area contributed by atoms with Crippen LogP contribution >= 0.6 is 0 Å². The molecule has 2 aromatic rings. The molecular formula is C15H22N4. The van der Waals surface area contributed by atoms with Crippen LogP contribution < -0.4 is 10.6 Å². The van der Waals surface area contributed by atoms with Crippen LogP contribution in [0.5, 0.6) is 0 Å². The minimum absolute atomic E-state index is 0.149. The highest BCUT2D eigenvalue weighted by molar-refractivity contribution is 5.50. The molecule has 0 saturated heterocycles. The van der Waals surface area contributed by atoms with E-state index in [-0.39, 0.29) is 6.04 Å². The molecule has 0 aliphatic carbocycles. The fourth-order valence-electron chi connectivity index (χ4n) is 2.36. The third-order valence-corrected chi connectivity index (χ3v) is 3.73. The Morgan fingerprint density at radius 3 is 2.63 bits per heavy atom. The molecule has 0 fully saturated rings. The zero-order chi connectivity index (χ0) is 14.0. The quantitative estimate of drug-likeness (QED) is 0.914. The molecule has 0 bridgehead atoms. The van der Waals surface area contributed by atoms with Crippen LogP contribution in [0.3, 0.4) is 0 Å². The predicted molar refractivity (Wildman–Crippen MR) is 79.3 cm³/mol. The summed E-state index contributed by atoms with van der Waals surface area (Å²) >= 11 is 0. The van der Waals surface area contributed by atoms with Crippen molar-refractivity contribution in [2.24, 2.45) is 12.8 Å². The maximum absolute atomic E-state index is 5.98. The lowest BCUT2D eigenvalue weighted by atomic mass is 10.1. The Labute approximate surface area is 114 Å². The van der Waals surface area contributed by atoms with E-state index < -0.39 is 0 Å². The highest BCUT2D eigenvalue weighted by Crippen LogP contribution is 2.27. The topological polar surface area (TPSA) is 47.1 Å². The van der Waals surface area contributed by atoms with E-state index in [9.17, 15) is 0 Å². The zero-order valence-electron chi connectivity index (χ0n) is 12.1. The van der Waals surface area contributed by atoms with Gasteiger partial charge in [-0.15, -0.1) is 0 Å². The van der Waals surface area contributed by atoms with Crippen LogP contribution in [0.4, 0.5) is 5.69 Å². The molecule has 0 aliphatic rings. The first-order valence-electron chi connectivity index (χ1n) is 6.52. The van der Waals surface area contributed by atoms with Gasteiger partial charge >= 0.3 is 0 Å². The number of aryl methyl sites for hydroxylation is 2. The van der Waals surface area contributed by atoms with Gasteiger partial charge in [0.15, 0.2) is 0 Å². The number of nitrogens with zero attached hydrogens (tertiary/aromatic N) is 3. The predicted octanol–water partition coefficient (Wildman–Crippen LogP) is 2.17. The molecular weight excluding hydrogens is 236 g/mol. The number of nitrogens with two attached hydrogens (primary N) is 1. The largest absolute Gasteiger partial charge is 0.366 e. The van der Waals surface area contributed by atoms with Crippen LogP contribution in [0, 0.1) is 13.8 Å². The van der Waals surface area contributed by atoms with Crippen molar-refractivity contribution in [1.82, 2.24) is 9.78 Å². The van der Waals surface area contributed by atoms with Crippen LogP contribution in [0.25, 0.3) is 0 Å². The first-order valence-corrected chi connectivity index (χ1v) is 6.52. The Bertz CT molecular complexity index is 559. The van der Waals surface area contributed by atoms with Gasteiger partial charge in [-0.3, -0.25) is 4.68 Å². The summed E-state index contributed by atoms with van der Waals surface area (Å²) in [5.41, 5.74) is 10.8. The van der Waals surface area contributed by atoms with E-state index >= 15 is 0 Å². The summed E-state index contributed by atoms with van der Waals surface area (Å²) in [6, 6.07) is 8.61. The van der Waals surface area contributed by atoms with Crippen molar-refractivity contribution >= 4 is 5.69 Å². The van der Waals surface area contributed by atoms with Crippen molar-refractivity contribution < 1.29 is 0 Å². The van der Waals surface area contributed by atoms with Crippen molar-refractivity contribution in [3.8, 4) is 0 Å². The van der Waals surface area contributed by atoms with Crippen LogP contribution in [0.1, 0.15) is 22.9 Å². The summed E-state index contributed by atoms with van der Waals surface area (Å²) in [5, 5.41) is 4.31. The molecule has 0 saturated carbocycles. The summed E-state index contributed by atoms with van der Waals surface area (Å²) in [6.07, 6.45) is 1.92. The average molecular weight is 258 g/mol. The number of hydrogen-bond donors (Lipinski definition) is 1. The fourth-order valence-corrected chi connectivity index (χ4v) is 2.36. The molecule has 0 spiro atoms. The molecule has 19 heavy (non-hydrogen) atoms. The van der Waals surface area contributed by atoms with Gasteiger partial charge in [-0.1, -0.05) is 12.1 Å². The minimum atomic E-state index is 0.149. The summed E-state index contributed by atoms with van der Waals surface area (Å²) < 4.78 is 1.89. The Balaban J connectivity index is 2.34. The number of benzene rings is 1. The third-order valence-electron chi connectivity index (χ3n) is 3.73. The Hall–Kier alpha value is -1.81. The Morgan fingerprint density at radius 2 is 2.11 bits per heavy atom. The van der Waals surface area contributed by atoms with E-state index in [4.69, 9.17) is 5.73 Å². The molecule has 1 unspecified atom stereocenters. The first-order chi connectivity index (χ1) is 9.04. The van der Waals surface area contributed by atoms with Gasteiger partial charge in [0.05, 0.1) is 12.2 Å². The van der Waals surface area contributed by atoms with Crippen molar-refractivity contribution in [1.29, 1.82) is 0 Å². The van der Waals surface area contributed by atoms with Crippen LogP contribution in [0.2, 0.25) is 0 Å². The number of hydrogen-bond acceptors (Lipinski definition) is 3. The number of rotatable bonds is 4. The van der Waals surface area contributed by atoms with Gasteiger partial charge in [0.2, 0.25) is 0 Å². The highest BCUT2D eigenvalue weighted by atomic mass is 15.3. The van der Waals surface area contributed by atoms with Crippen molar-refractivity contribution in [3.05, 3.63) is 47.3 Å². The molecule has 2 N–H and O–H groups in total. The van der Waals surface area contributed by atoms with Gasteiger partial charge < -0.3 is 10.6 Å². The molecule has 1 aromatic heterocycles. The summed E-state index contributed by atoms with van der Waals surface area (Å²) in [5.74, 6) is 0. The molecule has 0 amide bonds. The third kappa shape index (κ3) is 2.63. The van der Waals surface area contributed by atoms with Gasteiger partial charge in [-0.2, -0.15) is 5.10 Å². The normalized spacial score (nSPS) is 12.5. The second-order valence-corrected chi connectivity index (χ2v) is 5.01. The van der Waals surface area contributed by atoms with Gasteiger partial charge in [0, 0.05) is 37.6 Å². The molecule has 4 heteroatoms. The molecule has 4 nitrogen and oxygen atoms in total. The highest BCUT2D eigenvalue weighted by Gasteiger charge is 2.20. The summed E-state index contributed by atoms with van der Waals surface area (Å²) in [7, 11) is 4.04. The lowest BCUT2D eigenvalue weighted by Gasteiger charge is -2.29. The Kier molecular flexibility index (Phi) is 3.90. The van der Waals surface area contributed by atoms with E-state index in [1.54, 1.807) is 0 Å². The molecule has 102 valence electrons. The monoisotopic (exact) mass is 258 g/mol. The molecule has 1 aromatic carbocycles. The van der Waals surface area contributed by atoms with Gasteiger partial charge in [-0.05, 0) is 31.5 Å². The van der Waals surface area contributed by atoms with Crippen molar-refractivity contribution in [3.63, 3.8) is 0 Å². The zero-order valence-corrected chi connectivity index (χ0v) is 12.1. The second kappa shape index (κ2) is 5.45. The van der Waals surface area contributed by atoms with Gasteiger partial charge in [0.1, 0.15) is 0 Å². The van der Waals surface area contributed by atoms with Gasteiger partial charge in [-0.25, -0.2) is 0 Å². The molecule has 0 radical (unpaired) electrons. The van der Waals surface area contributed by atoms with Crippen LogP contribution in [-0.4, -0.2) is 23.4 Å². The van der Waals surface area contributed by atoms with Gasteiger partial charge in [0.25, 0.3) is 0 Å². The minimum Gasteiger partial charge on any atom is -0.366 e. The fraction of sp³-hybridized carbons (Fsp3) is 0.400. The molecule has 2 rings (SSSR count). The van der Waals surface area contributed by atoms with Crippen molar-refractivity contribution in [2.45, 2.75) is 19.9 Å². The van der Waals surface area contributed by atoms with Crippen molar-refractivity contribution in [2.75, 3.05) is 18.5 Å². The summed E-state index contributed by atoms with van der Waals surface area (Å²) in [6.45, 7) is 4.75. The number of anilines is 1. The molecule has 1 atom stereocenters. The number of aromatic nitrogens is 2. The SMILES string of the molecule is Cc1cccc(N(C)C(CN)c2cnn(C)c2C)c1. The lowest BCUT2D eigenvalue weighted by molar-refractivity contribution is 0.669. The Morgan fingerprint density at radius 1 is 1.37 bits per heavy atom. The maximum atomic E-state index is 5.98. The van der Waals surface area contributed by atoms with Crippen LogP contribution in [-0.2, 0) is 7.05 Å². The van der Waals surface area contributed by atoms with E-state index in [0.717, 1.165) is 5.69 Å². The molecule has 0 aliphatic heterocycles. The van der Waals surface area contributed by atoms with E-state index in [0.29, 0.717) is 6.54 Å². The summed E-state index contributed by atoms with van der Waals surface area (Å²) in [4.78, 5) is 2.22. The van der Waals surface area contributed by atoms with Crippen LogP contribution in [0.15, 0.2) is 30.5 Å². The molecule has 1 heterocycles. The standard InChI is InChI=1S/C15H22N4/c1-11-6-5-7-13(8-11)18(3)15(9-16)14-10-17-19(4)12(14)2/h5-8,10,15H,9,16H2,1-4H3. The lowest BCUT2D eigenvalue weighted by Crippen LogP contribution is -2.30. The second-order valence-electron chi connectivity index (χ2n) is 5.01. The maximum Gasteiger partial charge on any atom is 0.0694 e. The smallest absolute Gasteiger partial charge is 0.0694 e. The first kappa shape index (κ1) is 13.6. The van der Waals surface area contributed by atoms with E-state index in [1.807, 2.05) is 17.9 Å². The van der Waals surface area contributed by atoms with E-state index in [1.165, 1.54) is 16.8 Å². The number of likely N-dealkylation sites (N-methyl/N-ethyl adjacent to an activating group) is 1. The van der Waals surface area contributed by atoms with E-state index in [2.05, 4.69) is 55.2 Å². The average Bonchev–Trinajstić information content (AvgIpc) is 2.72.